The number of aromatic nitrogens is 3. The minimum Gasteiger partial charge on any atom is -0.393 e. The second-order valence-electron chi connectivity index (χ2n) is 8.32. The van der Waals surface area contributed by atoms with E-state index in [-0.39, 0.29) is 17.2 Å². The number of halogens is 1. The lowest BCUT2D eigenvalue weighted by Crippen LogP contribution is -2.55. The number of ketones is 1. The molecule has 0 amide bonds. The van der Waals surface area contributed by atoms with Crippen LogP contribution in [0.1, 0.15) is 47.4 Å². The fraction of sp³-hybridized carbons (Fsp3) is 0.364. The highest BCUT2D eigenvalue weighted by Gasteiger charge is 2.53. The van der Waals surface area contributed by atoms with Gasteiger partial charge in [0.05, 0.1) is 23.4 Å². The van der Waals surface area contributed by atoms with Gasteiger partial charge in [-0.3, -0.25) is 9.78 Å². The number of sulfonamides is 1. The summed E-state index contributed by atoms with van der Waals surface area (Å²) in [6.07, 6.45) is 10.4. The lowest BCUT2D eigenvalue weighted by atomic mass is 9.74. The van der Waals surface area contributed by atoms with E-state index in [2.05, 4.69) is 15.0 Å². The first kappa shape index (κ1) is 23.5. The number of carbonyl (C=O) groups excluding carboxylic acids is 1. The molecule has 0 saturated heterocycles. The summed E-state index contributed by atoms with van der Waals surface area (Å²) < 4.78 is 24.3. The summed E-state index contributed by atoms with van der Waals surface area (Å²) in [5.41, 5.74) is 6.83. The van der Waals surface area contributed by atoms with Gasteiger partial charge in [-0.1, -0.05) is 18.2 Å². The molecule has 2 heterocycles. The zero-order valence-corrected chi connectivity index (χ0v) is 19.2. The van der Waals surface area contributed by atoms with Crippen LogP contribution < -0.4 is 10.9 Å². The Morgan fingerprint density at radius 1 is 1.21 bits per heavy atom. The van der Waals surface area contributed by atoms with Crippen molar-refractivity contribution < 1.29 is 18.3 Å². The van der Waals surface area contributed by atoms with Gasteiger partial charge < -0.3 is 10.8 Å². The van der Waals surface area contributed by atoms with E-state index in [0.29, 0.717) is 36.8 Å². The van der Waals surface area contributed by atoms with Crippen LogP contribution in [-0.4, -0.2) is 50.5 Å². The summed E-state index contributed by atoms with van der Waals surface area (Å²) in [5.74, 6) is -0.900. The van der Waals surface area contributed by atoms with Crippen LogP contribution in [0.15, 0.2) is 49.0 Å². The zero-order valence-electron chi connectivity index (χ0n) is 17.6. The number of hydrogen-bond donors (Lipinski definition) is 3. The zero-order chi connectivity index (χ0) is 23.8. The maximum Gasteiger partial charge on any atom is 0.220 e. The number of allylic oxidation sites excluding steroid dienone is 3. The molecule has 1 saturated carbocycles. The van der Waals surface area contributed by atoms with Crippen LogP contribution in [0.4, 0.5) is 5.82 Å². The van der Waals surface area contributed by atoms with E-state index in [9.17, 15) is 18.3 Å². The summed E-state index contributed by atoms with van der Waals surface area (Å²) in [4.78, 5) is 25.3. The van der Waals surface area contributed by atoms with Crippen molar-refractivity contribution >= 4 is 38.8 Å². The third kappa shape index (κ3) is 4.31. The standard InChI is InChI=1S/C22H24ClN5O4S/c23-18-8-3-13(10-22(18,33(25,31)32)15-4-6-16(29)7-5-15)17-12-27-21(24)19(28-17)20(30)14-2-1-9-26-11-14/h1-3,8-12,15-16,18,29H,4-7H2,(H2,24,27)(H2,25,31,32). The van der Waals surface area contributed by atoms with Gasteiger partial charge in [0.2, 0.25) is 15.8 Å². The van der Waals surface area contributed by atoms with Gasteiger partial charge in [0, 0.05) is 18.0 Å². The number of nitrogen functional groups attached to an aromatic ring is 1. The van der Waals surface area contributed by atoms with Crippen LogP contribution in [-0.2, 0) is 10.0 Å². The molecular weight excluding hydrogens is 466 g/mol. The highest BCUT2D eigenvalue weighted by atomic mass is 35.5. The van der Waals surface area contributed by atoms with Crippen LogP contribution in [0.5, 0.6) is 0 Å². The van der Waals surface area contributed by atoms with E-state index in [0.717, 1.165) is 0 Å². The van der Waals surface area contributed by atoms with Crippen LogP contribution >= 0.6 is 11.6 Å². The maximum absolute atomic E-state index is 12.9. The fourth-order valence-corrected chi connectivity index (χ4v) is 6.62. The Morgan fingerprint density at radius 2 is 1.94 bits per heavy atom. The molecule has 2 unspecified atom stereocenters. The number of primary sulfonamides is 1. The number of pyridine rings is 1. The first-order valence-electron chi connectivity index (χ1n) is 10.5. The molecule has 0 radical (unpaired) electrons. The average molecular weight is 490 g/mol. The Balaban J connectivity index is 1.79. The van der Waals surface area contributed by atoms with Gasteiger partial charge in [0.25, 0.3) is 0 Å². The van der Waals surface area contributed by atoms with E-state index in [1.807, 2.05) is 0 Å². The minimum absolute atomic E-state index is 0.0535. The molecular formula is C22H24ClN5O4S. The molecule has 174 valence electrons. The normalized spacial score (nSPS) is 27.7. The third-order valence-electron chi connectivity index (χ3n) is 6.32. The van der Waals surface area contributed by atoms with Gasteiger partial charge in [-0.2, -0.15) is 0 Å². The van der Waals surface area contributed by atoms with Crippen molar-refractivity contribution in [2.75, 3.05) is 5.73 Å². The quantitative estimate of drug-likeness (QED) is 0.423. The highest BCUT2D eigenvalue weighted by Crippen LogP contribution is 2.46. The molecule has 2 aliphatic carbocycles. The lowest BCUT2D eigenvalue weighted by Gasteiger charge is -2.43. The molecule has 4 rings (SSSR count). The SMILES string of the molecule is Nc1ncc(C2=CC(C3CCC(O)CC3)(S(N)(=O)=O)C(Cl)C=C2)nc1C(=O)c1cccnc1. The number of rotatable bonds is 5. The van der Waals surface area contributed by atoms with Crippen molar-refractivity contribution in [1.82, 2.24) is 15.0 Å². The van der Waals surface area contributed by atoms with Gasteiger partial charge in [-0.05, 0) is 49.3 Å². The predicted molar refractivity (Wildman–Crippen MR) is 125 cm³/mol. The Morgan fingerprint density at radius 3 is 2.58 bits per heavy atom. The van der Waals surface area contributed by atoms with Crippen molar-refractivity contribution in [2.45, 2.75) is 41.9 Å². The number of carbonyl (C=O) groups is 1. The van der Waals surface area contributed by atoms with Crippen LogP contribution in [0.3, 0.4) is 0 Å². The van der Waals surface area contributed by atoms with E-state index in [1.165, 1.54) is 18.5 Å². The summed E-state index contributed by atoms with van der Waals surface area (Å²) in [6, 6.07) is 3.21. The van der Waals surface area contributed by atoms with E-state index in [1.54, 1.807) is 30.5 Å². The summed E-state index contributed by atoms with van der Waals surface area (Å²) in [5, 5.41) is 14.7. The molecule has 0 spiro atoms. The van der Waals surface area contributed by atoms with E-state index >= 15 is 0 Å². The van der Waals surface area contributed by atoms with Crippen molar-refractivity contribution in [3.63, 3.8) is 0 Å². The molecule has 11 heteroatoms. The maximum atomic E-state index is 12.9. The molecule has 0 aliphatic heterocycles. The summed E-state index contributed by atoms with van der Waals surface area (Å²) >= 11 is 6.56. The van der Waals surface area contributed by atoms with Crippen molar-refractivity contribution in [1.29, 1.82) is 0 Å². The second-order valence-corrected chi connectivity index (χ2v) is 10.6. The number of alkyl halides is 1. The van der Waals surface area contributed by atoms with Gasteiger partial charge >= 0.3 is 0 Å². The Bertz CT molecular complexity index is 1230. The Labute approximate surface area is 196 Å². The molecule has 2 aliphatic rings. The smallest absolute Gasteiger partial charge is 0.220 e. The molecule has 2 atom stereocenters. The molecule has 2 aromatic rings. The fourth-order valence-electron chi connectivity index (χ4n) is 4.55. The van der Waals surface area contributed by atoms with Crippen molar-refractivity contribution in [2.24, 2.45) is 11.1 Å². The van der Waals surface area contributed by atoms with Gasteiger partial charge in [0.15, 0.2) is 11.5 Å². The number of hydrogen-bond acceptors (Lipinski definition) is 8. The largest absolute Gasteiger partial charge is 0.393 e. The average Bonchev–Trinajstić information content (AvgIpc) is 2.80. The number of anilines is 1. The molecule has 0 aromatic carbocycles. The molecule has 33 heavy (non-hydrogen) atoms. The number of aliphatic hydroxyl groups excluding tert-OH is 1. The summed E-state index contributed by atoms with van der Waals surface area (Å²) in [7, 11) is -4.16. The first-order chi connectivity index (χ1) is 15.6. The van der Waals surface area contributed by atoms with Gasteiger partial charge in [-0.25, -0.2) is 23.5 Å². The van der Waals surface area contributed by atoms with Gasteiger partial charge in [-0.15, -0.1) is 11.6 Å². The second kappa shape index (κ2) is 8.94. The first-order valence-corrected chi connectivity index (χ1v) is 12.4. The Kier molecular flexibility index (Phi) is 6.37. The predicted octanol–water partition coefficient (Wildman–Crippen LogP) is 1.82. The molecule has 2 aromatic heterocycles. The highest BCUT2D eigenvalue weighted by molar-refractivity contribution is 7.90. The molecule has 1 fully saturated rings. The van der Waals surface area contributed by atoms with Gasteiger partial charge in [0.1, 0.15) is 4.75 Å². The van der Waals surface area contributed by atoms with Crippen molar-refractivity contribution in [3.05, 3.63) is 65.9 Å². The third-order valence-corrected chi connectivity index (χ3v) is 8.65. The molecule has 5 N–H and O–H groups in total. The number of aliphatic hydroxyl groups is 1. The van der Waals surface area contributed by atoms with Crippen LogP contribution in [0, 0.1) is 5.92 Å². The van der Waals surface area contributed by atoms with Crippen molar-refractivity contribution in [3.8, 4) is 0 Å². The van der Waals surface area contributed by atoms with Crippen LogP contribution in [0.25, 0.3) is 5.57 Å². The molecule has 9 nitrogen and oxygen atoms in total. The topological polar surface area (TPSA) is 162 Å². The Hall–Kier alpha value is -2.66. The summed E-state index contributed by atoms with van der Waals surface area (Å²) in [6.45, 7) is 0. The number of nitrogens with zero attached hydrogens (tertiary/aromatic N) is 3. The van der Waals surface area contributed by atoms with Crippen LogP contribution in [0.2, 0.25) is 0 Å². The monoisotopic (exact) mass is 489 g/mol. The minimum atomic E-state index is -4.16. The lowest BCUT2D eigenvalue weighted by molar-refractivity contribution is 0.101. The number of nitrogens with two attached hydrogens (primary N) is 2. The molecule has 0 bridgehead atoms. The van der Waals surface area contributed by atoms with E-state index in [4.69, 9.17) is 22.5 Å². The van der Waals surface area contributed by atoms with E-state index < -0.39 is 38.0 Å².